The molecule has 0 fully saturated rings. The van der Waals surface area contributed by atoms with E-state index in [1.54, 1.807) is 19.4 Å². The number of hydrogen-bond acceptors (Lipinski definition) is 4. The largest absolute Gasteiger partial charge is 0.497 e. The number of benzene rings is 3. The third-order valence-electron chi connectivity index (χ3n) is 4.61. The number of rotatable bonds is 6. The van der Waals surface area contributed by atoms with Gasteiger partial charge >= 0.3 is 0 Å². The fourth-order valence-electron chi connectivity index (χ4n) is 2.97. The molecule has 148 valence electrons. The Bertz CT molecular complexity index is 1150. The van der Waals surface area contributed by atoms with Gasteiger partial charge < -0.3 is 4.74 Å². The second-order valence-corrected chi connectivity index (χ2v) is 6.58. The number of hydrazone groups is 1. The first-order valence-electron chi connectivity index (χ1n) is 9.41. The fourth-order valence-corrected chi connectivity index (χ4v) is 2.97. The Morgan fingerprint density at radius 2 is 1.60 bits per heavy atom. The molecular formula is C24H20N4O2. The molecule has 3 aromatic carbocycles. The minimum absolute atomic E-state index is 0.331. The number of nitrogens with one attached hydrogen (secondary N) is 2. The van der Waals surface area contributed by atoms with E-state index < -0.39 is 0 Å². The molecule has 1 heterocycles. The van der Waals surface area contributed by atoms with Gasteiger partial charge in [-0.2, -0.15) is 10.2 Å². The molecule has 0 aliphatic heterocycles. The number of aromatic nitrogens is 2. The summed E-state index contributed by atoms with van der Waals surface area (Å²) >= 11 is 0. The van der Waals surface area contributed by atoms with Gasteiger partial charge in [-0.1, -0.05) is 54.6 Å². The molecule has 0 aliphatic rings. The van der Waals surface area contributed by atoms with E-state index in [9.17, 15) is 4.79 Å². The van der Waals surface area contributed by atoms with Crippen LogP contribution in [-0.4, -0.2) is 29.4 Å². The van der Waals surface area contributed by atoms with Gasteiger partial charge in [-0.05, 0) is 47.0 Å². The third-order valence-corrected chi connectivity index (χ3v) is 4.61. The van der Waals surface area contributed by atoms with Crippen LogP contribution >= 0.6 is 0 Å². The molecule has 0 aliphatic carbocycles. The number of aromatic amines is 1. The van der Waals surface area contributed by atoms with Crippen molar-refractivity contribution >= 4 is 12.1 Å². The van der Waals surface area contributed by atoms with E-state index >= 15 is 0 Å². The SMILES string of the molecule is COc1ccc(-c2cc(C(=O)N/N=C/c3ccc(-c4ccccc4)cc3)[nH]n2)cc1. The Morgan fingerprint density at radius 1 is 0.933 bits per heavy atom. The molecule has 0 radical (unpaired) electrons. The zero-order valence-electron chi connectivity index (χ0n) is 16.4. The van der Waals surface area contributed by atoms with Gasteiger partial charge in [0.2, 0.25) is 0 Å². The highest BCUT2D eigenvalue weighted by molar-refractivity contribution is 5.94. The lowest BCUT2D eigenvalue weighted by Gasteiger charge is -2.01. The van der Waals surface area contributed by atoms with E-state index in [0.29, 0.717) is 11.4 Å². The smallest absolute Gasteiger partial charge is 0.289 e. The van der Waals surface area contributed by atoms with Crippen LogP contribution < -0.4 is 10.2 Å². The molecular weight excluding hydrogens is 376 g/mol. The van der Waals surface area contributed by atoms with Gasteiger partial charge in [-0.3, -0.25) is 9.89 Å². The van der Waals surface area contributed by atoms with Crippen LogP contribution in [0.1, 0.15) is 16.1 Å². The Morgan fingerprint density at radius 3 is 2.30 bits per heavy atom. The lowest BCUT2D eigenvalue weighted by Crippen LogP contribution is -2.17. The molecule has 0 unspecified atom stereocenters. The van der Waals surface area contributed by atoms with Gasteiger partial charge in [-0.25, -0.2) is 5.43 Å². The number of carbonyl (C=O) groups is 1. The van der Waals surface area contributed by atoms with E-state index in [4.69, 9.17) is 4.74 Å². The van der Waals surface area contributed by atoms with Gasteiger partial charge in [0.15, 0.2) is 0 Å². The van der Waals surface area contributed by atoms with Crippen molar-refractivity contribution < 1.29 is 9.53 Å². The lowest BCUT2D eigenvalue weighted by atomic mass is 10.0. The lowest BCUT2D eigenvalue weighted by molar-refractivity contribution is 0.0950. The van der Waals surface area contributed by atoms with Gasteiger partial charge in [0.05, 0.1) is 19.0 Å². The normalized spacial score (nSPS) is 10.8. The molecule has 0 atom stereocenters. The molecule has 1 amide bonds. The highest BCUT2D eigenvalue weighted by atomic mass is 16.5. The molecule has 6 heteroatoms. The fraction of sp³-hybridized carbons (Fsp3) is 0.0417. The van der Waals surface area contributed by atoms with Crippen molar-refractivity contribution in [2.75, 3.05) is 7.11 Å². The highest BCUT2D eigenvalue weighted by Gasteiger charge is 2.10. The van der Waals surface area contributed by atoms with Crippen molar-refractivity contribution in [1.29, 1.82) is 0 Å². The predicted octanol–water partition coefficient (Wildman–Crippen LogP) is 4.52. The van der Waals surface area contributed by atoms with Gasteiger partial charge in [-0.15, -0.1) is 0 Å². The van der Waals surface area contributed by atoms with Gasteiger partial charge in [0, 0.05) is 5.56 Å². The summed E-state index contributed by atoms with van der Waals surface area (Å²) in [7, 11) is 1.62. The second kappa shape index (κ2) is 8.87. The summed E-state index contributed by atoms with van der Waals surface area (Å²) < 4.78 is 5.15. The van der Waals surface area contributed by atoms with E-state index in [-0.39, 0.29) is 5.91 Å². The maximum atomic E-state index is 12.3. The first kappa shape index (κ1) is 19.1. The van der Waals surface area contributed by atoms with Crippen LogP contribution in [0.4, 0.5) is 0 Å². The second-order valence-electron chi connectivity index (χ2n) is 6.58. The molecule has 1 aromatic heterocycles. The van der Waals surface area contributed by atoms with E-state index in [0.717, 1.165) is 28.0 Å². The molecule has 0 spiro atoms. The van der Waals surface area contributed by atoms with Crippen LogP contribution in [0.15, 0.2) is 90.0 Å². The van der Waals surface area contributed by atoms with Gasteiger partial charge in [0.25, 0.3) is 5.91 Å². The van der Waals surface area contributed by atoms with E-state index in [1.807, 2.05) is 66.7 Å². The minimum atomic E-state index is -0.362. The topological polar surface area (TPSA) is 79.4 Å². The Labute approximate surface area is 174 Å². The van der Waals surface area contributed by atoms with Crippen molar-refractivity contribution in [2.45, 2.75) is 0 Å². The Kier molecular flexibility index (Phi) is 5.66. The van der Waals surface area contributed by atoms with Crippen molar-refractivity contribution in [3.05, 3.63) is 96.2 Å². The van der Waals surface area contributed by atoms with Crippen molar-refractivity contribution in [3.8, 4) is 28.1 Å². The summed E-state index contributed by atoms with van der Waals surface area (Å²) in [5, 5.41) is 11.0. The van der Waals surface area contributed by atoms with Gasteiger partial charge in [0.1, 0.15) is 11.4 Å². The number of amides is 1. The molecule has 0 saturated carbocycles. The summed E-state index contributed by atoms with van der Waals surface area (Å²) in [5.74, 6) is 0.401. The van der Waals surface area contributed by atoms with Crippen LogP contribution in [0, 0.1) is 0 Å². The van der Waals surface area contributed by atoms with Crippen LogP contribution in [-0.2, 0) is 0 Å². The monoisotopic (exact) mass is 396 g/mol. The predicted molar refractivity (Wildman–Crippen MR) is 118 cm³/mol. The maximum Gasteiger partial charge on any atom is 0.289 e. The van der Waals surface area contributed by atoms with Crippen LogP contribution in [0.3, 0.4) is 0 Å². The Hall–Kier alpha value is -4.19. The van der Waals surface area contributed by atoms with Crippen molar-refractivity contribution in [2.24, 2.45) is 5.10 Å². The number of H-pyrrole nitrogens is 1. The van der Waals surface area contributed by atoms with E-state index in [2.05, 4.69) is 32.9 Å². The van der Waals surface area contributed by atoms with Crippen molar-refractivity contribution in [1.82, 2.24) is 15.6 Å². The summed E-state index contributed by atoms with van der Waals surface area (Å²) in [6.07, 6.45) is 1.60. The summed E-state index contributed by atoms with van der Waals surface area (Å²) in [6.45, 7) is 0. The highest BCUT2D eigenvalue weighted by Crippen LogP contribution is 2.21. The number of carbonyl (C=O) groups excluding carboxylic acids is 1. The number of methoxy groups -OCH3 is 1. The first-order valence-corrected chi connectivity index (χ1v) is 9.41. The standard InChI is InChI=1S/C24H20N4O2/c1-30-21-13-11-20(12-14-21)22-15-23(27-26-22)24(29)28-25-16-17-7-9-19(10-8-17)18-5-3-2-4-6-18/h2-16H,1H3,(H,26,27)(H,28,29)/b25-16+. The number of nitrogens with zero attached hydrogens (tertiary/aromatic N) is 2. The Balaban J connectivity index is 1.37. The van der Waals surface area contributed by atoms with E-state index in [1.165, 1.54) is 0 Å². The van der Waals surface area contributed by atoms with Crippen LogP contribution in [0.2, 0.25) is 0 Å². The molecule has 0 saturated heterocycles. The minimum Gasteiger partial charge on any atom is -0.497 e. The summed E-state index contributed by atoms with van der Waals surface area (Å²) in [6, 6.07) is 27.2. The maximum absolute atomic E-state index is 12.3. The quantitative estimate of drug-likeness (QED) is 0.372. The molecule has 2 N–H and O–H groups in total. The van der Waals surface area contributed by atoms with Crippen LogP contribution in [0.5, 0.6) is 5.75 Å². The molecule has 4 aromatic rings. The summed E-state index contributed by atoms with van der Waals surface area (Å²) in [5.41, 5.74) is 7.57. The zero-order chi connectivity index (χ0) is 20.8. The molecule has 30 heavy (non-hydrogen) atoms. The molecule has 4 rings (SSSR count). The average molecular weight is 396 g/mol. The zero-order valence-corrected chi connectivity index (χ0v) is 16.4. The van der Waals surface area contributed by atoms with Crippen LogP contribution in [0.25, 0.3) is 22.4 Å². The number of hydrogen-bond donors (Lipinski definition) is 2. The summed E-state index contributed by atoms with van der Waals surface area (Å²) in [4.78, 5) is 12.3. The first-order chi connectivity index (χ1) is 14.7. The van der Waals surface area contributed by atoms with Crippen molar-refractivity contribution in [3.63, 3.8) is 0 Å². The molecule has 0 bridgehead atoms. The number of ether oxygens (including phenoxy) is 1. The molecule has 6 nitrogen and oxygen atoms in total. The average Bonchev–Trinajstić information content (AvgIpc) is 3.31. The third kappa shape index (κ3) is 4.44.